The van der Waals surface area contributed by atoms with E-state index in [1.54, 1.807) is 0 Å². The van der Waals surface area contributed by atoms with Crippen molar-refractivity contribution in [3.05, 3.63) is 0 Å². The number of halogens is 1. The molecule has 1 heterocycles. The molecule has 0 spiro atoms. The molecule has 2 N–H and O–H groups in total. The van der Waals surface area contributed by atoms with Gasteiger partial charge in [-0.15, -0.1) is 24.0 Å². The summed E-state index contributed by atoms with van der Waals surface area (Å²) in [5.41, 5.74) is 0. The Bertz CT molecular complexity index is 319. The van der Waals surface area contributed by atoms with Crippen LogP contribution in [0.15, 0.2) is 4.99 Å². The van der Waals surface area contributed by atoms with Crippen LogP contribution >= 0.6 is 24.0 Å². The fourth-order valence-electron chi connectivity index (χ4n) is 2.95. The zero-order valence-electron chi connectivity index (χ0n) is 16.6. The van der Waals surface area contributed by atoms with E-state index in [0.717, 1.165) is 71.4 Å². The molecular weight excluding hydrogens is 429 g/mol. The topological polar surface area (TPSA) is 52.1 Å². The third-order valence-electron chi connectivity index (χ3n) is 4.15. The molecule has 0 amide bonds. The van der Waals surface area contributed by atoms with Gasteiger partial charge >= 0.3 is 0 Å². The first-order chi connectivity index (χ1) is 11.8. The average Bonchev–Trinajstić information content (AvgIpc) is 2.60. The lowest BCUT2D eigenvalue weighted by atomic mass is 10.3. The zero-order valence-corrected chi connectivity index (χ0v) is 18.9. The van der Waals surface area contributed by atoms with Gasteiger partial charge in [0.1, 0.15) is 0 Å². The Hall–Kier alpha value is -0.120. The van der Waals surface area contributed by atoms with Gasteiger partial charge in [0, 0.05) is 39.3 Å². The first kappa shape index (κ1) is 24.9. The number of nitrogens with one attached hydrogen (secondary N) is 2. The molecular formula is C18H40IN5O. The lowest BCUT2D eigenvalue weighted by Crippen LogP contribution is -2.44. The number of rotatable bonds is 12. The summed E-state index contributed by atoms with van der Waals surface area (Å²) in [7, 11) is 0. The Morgan fingerprint density at radius 2 is 1.72 bits per heavy atom. The largest absolute Gasteiger partial charge is 0.379 e. The van der Waals surface area contributed by atoms with Crippen molar-refractivity contribution in [3.8, 4) is 0 Å². The van der Waals surface area contributed by atoms with Crippen LogP contribution in [-0.4, -0.2) is 87.9 Å². The first-order valence-electron chi connectivity index (χ1n) is 9.84. The Morgan fingerprint density at radius 1 is 1.04 bits per heavy atom. The van der Waals surface area contributed by atoms with Gasteiger partial charge in [-0.05, 0) is 45.8 Å². The molecule has 0 unspecified atom stereocenters. The molecule has 0 radical (unpaired) electrons. The van der Waals surface area contributed by atoms with E-state index in [2.05, 4.69) is 41.2 Å². The molecule has 1 rings (SSSR count). The molecule has 1 saturated heterocycles. The van der Waals surface area contributed by atoms with Gasteiger partial charge in [-0.3, -0.25) is 9.89 Å². The molecule has 0 aromatic heterocycles. The normalized spacial score (nSPS) is 15.9. The highest BCUT2D eigenvalue weighted by Gasteiger charge is 2.09. The summed E-state index contributed by atoms with van der Waals surface area (Å²) < 4.78 is 5.38. The zero-order chi connectivity index (χ0) is 17.5. The van der Waals surface area contributed by atoms with Gasteiger partial charge in [0.2, 0.25) is 0 Å². The van der Waals surface area contributed by atoms with Crippen LogP contribution in [0.5, 0.6) is 0 Å². The van der Waals surface area contributed by atoms with E-state index in [1.165, 1.54) is 25.9 Å². The van der Waals surface area contributed by atoms with Crippen LogP contribution in [0.3, 0.4) is 0 Å². The van der Waals surface area contributed by atoms with E-state index in [4.69, 9.17) is 9.73 Å². The number of hydrogen-bond acceptors (Lipinski definition) is 4. The number of ether oxygens (including phenoxy) is 1. The van der Waals surface area contributed by atoms with Crippen LogP contribution < -0.4 is 10.6 Å². The minimum Gasteiger partial charge on any atom is -0.379 e. The van der Waals surface area contributed by atoms with E-state index in [0.29, 0.717) is 0 Å². The predicted octanol–water partition coefficient (Wildman–Crippen LogP) is 2.00. The maximum atomic E-state index is 5.38. The van der Waals surface area contributed by atoms with Crippen molar-refractivity contribution < 1.29 is 4.74 Å². The number of nitrogens with zero attached hydrogens (tertiary/aromatic N) is 3. The fourth-order valence-corrected chi connectivity index (χ4v) is 2.95. The summed E-state index contributed by atoms with van der Waals surface area (Å²) >= 11 is 0. The maximum absolute atomic E-state index is 5.38. The summed E-state index contributed by atoms with van der Waals surface area (Å²) in [6, 6.07) is 0. The van der Waals surface area contributed by atoms with Crippen molar-refractivity contribution in [1.29, 1.82) is 0 Å². The molecule has 1 aliphatic rings. The second kappa shape index (κ2) is 17.3. The van der Waals surface area contributed by atoms with Gasteiger partial charge in [-0.1, -0.05) is 13.8 Å². The highest BCUT2D eigenvalue weighted by Crippen LogP contribution is 1.97. The van der Waals surface area contributed by atoms with Crippen molar-refractivity contribution >= 4 is 29.9 Å². The minimum absolute atomic E-state index is 0. The fraction of sp³-hybridized carbons (Fsp3) is 0.944. The number of morpholine rings is 1. The lowest BCUT2D eigenvalue weighted by molar-refractivity contribution is 0.0389. The quantitative estimate of drug-likeness (QED) is 0.198. The number of guanidine groups is 1. The smallest absolute Gasteiger partial charge is 0.191 e. The van der Waals surface area contributed by atoms with Gasteiger partial charge < -0.3 is 20.3 Å². The van der Waals surface area contributed by atoms with E-state index in [-0.39, 0.29) is 24.0 Å². The van der Waals surface area contributed by atoms with Gasteiger partial charge in [0.15, 0.2) is 5.96 Å². The first-order valence-corrected chi connectivity index (χ1v) is 9.84. The Kier molecular flexibility index (Phi) is 17.2. The molecule has 25 heavy (non-hydrogen) atoms. The second-order valence-electron chi connectivity index (χ2n) is 6.34. The van der Waals surface area contributed by atoms with Gasteiger partial charge in [0.25, 0.3) is 0 Å². The highest BCUT2D eigenvalue weighted by molar-refractivity contribution is 14.0. The van der Waals surface area contributed by atoms with Crippen LogP contribution in [0.4, 0.5) is 0 Å². The van der Waals surface area contributed by atoms with Gasteiger partial charge in [0.05, 0.1) is 13.2 Å². The Balaban J connectivity index is 0.00000576. The van der Waals surface area contributed by atoms with Crippen LogP contribution in [0.2, 0.25) is 0 Å². The van der Waals surface area contributed by atoms with Crippen LogP contribution in [0.25, 0.3) is 0 Å². The molecule has 0 bridgehead atoms. The van der Waals surface area contributed by atoms with Gasteiger partial charge in [-0.2, -0.15) is 0 Å². The summed E-state index contributed by atoms with van der Waals surface area (Å²) in [5.74, 6) is 0.947. The van der Waals surface area contributed by atoms with Crippen LogP contribution in [0, 0.1) is 0 Å². The lowest BCUT2D eigenvalue weighted by Gasteiger charge is -2.26. The SMILES string of the molecule is CCCN(CCC)CCCN=C(NCC)NCCN1CCOCC1.I. The highest BCUT2D eigenvalue weighted by atomic mass is 127. The second-order valence-corrected chi connectivity index (χ2v) is 6.34. The number of hydrogen-bond donors (Lipinski definition) is 2. The molecule has 0 aliphatic carbocycles. The molecule has 0 atom stereocenters. The van der Waals surface area contributed by atoms with Crippen molar-refractivity contribution in [2.45, 2.75) is 40.0 Å². The molecule has 1 fully saturated rings. The standard InChI is InChI=1S/C18H39N5O.HI/c1-4-10-22(11-5-2)12-7-8-20-18(19-6-3)21-9-13-23-14-16-24-17-15-23;/h4-17H2,1-3H3,(H2,19,20,21);1H. The Labute approximate surface area is 172 Å². The third-order valence-corrected chi connectivity index (χ3v) is 4.15. The average molecular weight is 469 g/mol. The Morgan fingerprint density at radius 3 is 2.32 bits per heavy atom. The molecule has 0 saturated carbocycles. The van der Waals surface area contributed by atoms with Gasteiger partial charge in [-0.25, -0.2) is 0 Å². The molecule has 0 aromatic carbocycles. The predicted molar refractivity (Wildman–Crippen MR) is 118 cm³/mol. The van der Waals surface area contributed by atoms with Crippen molar-refractivity contribution in [2.75, 3.05) is 72.1 Å². The molecule has 0 aromatic rings. The molecule has 1 aliphatic heterocycles. The van der Waals surface area contributed by atoms with Crippen molar-refractivity contribution in [2.24, 2.45) is 4.99 Å². The number of aliphatic imine (C=N–C) groups is 1. The van der Waals surface area contributed by atoms with Crippen LogP contribution in [0.1, 0.15) is 40.0 Å². The molecule has 150 valence electrons. The summed E-state index contributed by atoms with van der Waals surface area (Å²) in [6.45, 7) is 17.8. The van der Waals surface area contributed by atoms with Crippen molar-refractivity contribution in [1.82, 2.24) is 20.4 Å². The van der Waals surface area contributed by atoms with Crippen LogP contribution in [-0.2, 0) is 4.74 Å². The van der Waals surface area contributed by atoms with Crippen molar-refractivity contribution in [3.63, 3.8) is 0 Å². The monoisotopic (exact) mass is 469 g/mol. The summed E-state index contributed by atoms with van der Waals surface area (Å²) in [6.07, 6.45) is 3.59. The summed E-state index contributed by atoms with van der Waals surface area (Å²) in [4.78, 5) is 9.70. The summed E-state index contributed by atoms with van der Waals surface area (Å²) in [5, 5.41) is 6.79. The third kappa shape index (κ3) is 12.8. The molecule has 7 heteroatoms. The van der Waals surface area contributed by atoms with E-state index < -0.39 is 0 Å². The van der Waals surface area contributed by atoms with E-state index in [9.17, 15) is 0 Å². The van der Waals surface area contributed by atoms with E-state index in [1.807, 2.05) is 0 Å². The molecule has 6 nitrogen and oxygen atoms in total. The minimum atomic E-state index is 0. The van der Waals surface area contributed by atoms with E-state index >= 15 is 0 Å². The maximum Gasteiger partial charge on any atom is 0.191 e.